The van der Waals surface area contributed by atoms with Crippen molar-refractivity contribution in [2.45, 2.75) is 26.3 Å². The normalized spacial score (nSPS) is 24.9. The van der Waals surface area contributed by atoms with Gasteiger partial charge >= 0.3 is 0 Å². The smallest absolute Gasteiger partial charge is 0.223 e. The SMILES string of the molecule is C[C@H](NC(=O)[C@H]1C[C@@H]1C)c1ccc(Cl)cc1. The summed E-state index contributed by atoms with van der Waals surface area (Å²) in [6, 6.07) is 7.64. The number of amides is 1. The fourth-order valence-electron chi connectivity index (χ4n) is 1.84. The molecule has 0 radical (unpaired) electrons. The number of hydrogen-bond donors (Lipinski definition) is 1. The van der Waals surface area contributed by atoms with Crippen LogP contribution in [0.25, 0.3) is 0 Å². The average Bonchev–Trinajstić information content (AvgIpc) is 2.96. The largest absolute Gasteiger partial charge is 0.349 e. The summed E-state index contributed by atoms with van der Waals surface area (Å²) in [6.45, 7) is 4.10. The highest BCUT2D eigenvalue weighted by atomic mass is 35.5. The third-order valence-corrected chi connectivity index (χ3v) is 3.43. The van der Waals surface area contributed by atoms with E-state index in [4.69, 9.17) is 11.6 Å². The average molecular weight is 238 g/mol. The molecule has 3 atom stereocenters. The Bertz CT molecular complexity index is 387. The van der Waals surface area contributed by atoms with Gasteiger partial charge in [-0.15, -0.1) is 0 Å². The molecule has 1 aromatic carbocycles. The number of rotatable bonds is 3. The zero-order chi connectivity index (χ0) is 11.7. The van der Waals surface area contributed by atoms with Crippen molar-refractivity contribution < 1.29 is 4.79 Å². The minimum Gasteiger partial charge on any atom is -0.349 e. The van der Waals surface area contributed by atoms with Gasteiger partial charge in [-0.3, -0.25) is 4.79 Å². The van der Waals surface area contributed by atoms with Crippen LogP contribution in [0.2, 0.25) is 5.02 Å². The van der Waals surface area contributed by atoms with Gasteiger partial charge in [0.25, 0.3) is 0 Å². The molecule has 1 N–H and O–H groups in total. The van der Waals surface area contributed by atoms with Crippen LogP contribution in [0, 0.1) is 11.8 Å². The summed E-state index contributed by atoms with van der Waals surface area (Å²) in [6.07, 6.45) is 1.03. The lowest BCUT2D eigenvalue weighted by Gasteiger charge is -2.14. The Morgan fingerprint density at radius 1 is 1.44 bits per heavy atom. The van der Waals surface area contributed by atoms with Crippen molar-refractivity contribution in [1.29, 1.82) is 0 Å². The third kappa shape index (κ3) is 2.56. The van der Waals surface area contributed by atoms with Crippen molar-refractivity contribution in [3.63, 3.8) is 0 Å². The van der Waals surface area contributed by atoms with Gasteiger partial charge in [-0.05, 0) is 37.0 Å². The Kier molecular flexibility index (Phi) is 3.20. The van der Waals surface area contributed by atoms with E-state index in [0.717, 1.165) is 17.0 Å². The predicted octanol–water partition coefficient (Wildman–Crippen LogP) is 3.17. The van der Waals surface area contributed by atoms with Gasteiger partial charge in [0.05, 0.1) is 6.04 Å². The van der Waals surface area contributed by atoms with E-state index in [9.17, 15) is 4.79 Å². The lowest BCUT2D eigenvalue weighted by atomic mass is 10.1. The highest BCUT2D eigenvalue weighted by Crippen LogP contribution is 2.38. The Labute approximate surface area is 101 Å². The fourth-order valence-corrected chi connectivity index (χ4v) is 1.97. The van der Waals surface area contributed by atoms with Gasteiger partial charge in [-0.2, -0.15) is 0 Å². The molecule has 1 aliphatic carbocycles. The Balaban J connectivity index is 1.94. The Morgan fingerprint density at radius 2 is 2.00 bits per heavy atom. The first-order valence-electron chi connectivity index (χ1n) is 5.64. The van der Waals surface area contributed by atoms with E-state index < -0.39 is 0 Å². The molecule has 0 aromatic heterocycles. The van der Waals surface area contributed by atoms with E-state index in [0.29, 0.717) is 5.92 Å². The molecule has 0 spiro atoms. The van der Waals surface area contributed by atoms with E-state index in [1.807, 2.05) is 31.2 Å². The van der Waals surface area contributed by atoms with E-state index in [1.54, 1.807) is 0 Å². The van der Waals surface area contributed by atoms with E-state index in [1.165, 1.54) is 0 Å². The number of hydrogen-bond acceptors (Lipinski definition) is 1. The summed E-state index contributed by atoms with van der Waals surface area (Å²) < 4.78 is 0. The third-order valence-electron chi connectivity index (χ3n) is 3.18. The molecule has 0 bridgehead atoms. The van der Waals surface area contributed by atoms with E-state index >= 15 is 0 Å². The summed E-state index contributed by atoms with van der Waals surface area (Å²) in [7, 11) is 0. The Hall–Kier alpha value is -1.02. The molecule has 0 unspecified atom stereocenters. The van der Waals surface area contributed by atoms with Crippen molar-refractivity contribution >= 4 is 17.5 Å². The van der Waals surface area contributed by atoms with Gasteiger partial charge in [0.15, 0.2) is 0 Å². The minimum atomic E-state index is 0.0533. The molecule has 2 rings (SSSR count). The minimum absolute atomic E-state index is 0.0533. The summed E-state index contributed by atoms with van der Waals surface area (Å²) >= 11 is 5.81. The van der Waals surface area contributed by atoms with Gasteiger partial charge in [0.1, 0.15) is 0 Å². The predicted molar refractivity (Wildman–Crippen MR) is 65.3 cm³/mol. The maximum atomic E-state index is 11.7. The molecule has 0 aliphatic heterocycles. The number of halogens is 1. The van der Waals surface area contributed by atoms with E-state index in [2.05, 4.69) is 12.2 Å². The maximum Gasteiger partial charge on any atom is 0.223 e. The van der Waals surface area contributed by atoms with Crippen molar-refractivity contribution in [2.75, 3.05) is 0 Å². The van der Waals surface area contributed by atoms with Crippen LogP contribution >= 0.6 is 11.6 Å². The number of carbonyl (C=O) groups excluding carboxylic acids is 1. The van der Waals surface area contributed by atoms with Crippen molar-refractivity contribution in [3.8, 4) is 0 Å². The fraction of sp³-hybridized carbons (Fsp3) is 0.462. The summed E-state index contributed by atoms with van der Waals surface area (Å²) in [5, 5.41) is 3.75. The summed E-state index contributed by atoms with van der Waals surface area (Å²) in [4.78, 5) is 11.7. The molecule has 1 saturated carbocycles. The maximum absolute atomic E-state index is 11.7. The second-order valence-corrected chi connectivity index (χ2v) is 5.04. The van der Waals surface area contributed by atoms with Gasteiger partial charge in [0.2, 0.25) is 5.91 Å². The Morgan fingerprint density at radius 3 is 2.50 bits per heavy atom. The van der Waals surface area contributed by atoms with Gasteiger partial charge in [-0.1, -0.05) is 30.7 Å². The monoisotopic (exact) mass is 237 g/mol. The second kappa shape index (κ2) is 4.46. The van der Waals surface area contributed by atoms with Gasteiger partial charge in [-0.25, -0.2) is 0 Å². The molecule has 86 valence electrons. The molecule has 1 fully saturated rings. The van der Waals surface area contributed by atoms with Crippen LogP contribution in [0.15, 0.2) is 24.3 Å². The molecule has 2 nitrogen and oxygen atoms in total. The lowest BCUT2D eigenvalue weighted by molar-refractivity contribution is -0.123. The molecule has 0 heterocycles. The summed E-state index contributed by atoms with van der Waals surface area (Å²) in [5.41, 5.74) is 1.09. The van der Waals surface area contributed by atoms with E-state index in [-0.39, 0.29) is 17.9 Å². The second-order valence-electron chi connectivity index (χ2n) is 4.60. The van der Waals surface area contributed by atoms with Crippen molar-refractivity contribution in [2.24, 2.45) is 11.8 Å². The van der Waals surface area contributed by atoms with Gasteiger partial charge in [0, 0.05) is 10.9 Å². The first-order valence-corrected chi connectivity index (χ1v) is 6.01. The van der Waals surface area contributed by atoms with Gasteiger partial charge < -0.3 is 5.32 Å². The lowest BCUT2D eigenvalue weighted by Crippen LogP contribution is -2.28. The van der Waals surface area contributed by atoms with Crippen LogP contribution in [0.5, 0.6) is 0 Å². The zero-order valence-electron chi connectivity index (χ0n) is 9.53. The van der Waals surface area contributed by atoms with Crippen LogP contribution < -0.4 is 5.32 Å². The molecule has 0 saturated heterocycles. The molecular formula is C13H16ClNO. The molecule has 1 amide bonds. The zero-order valence-corrected chi connectivity index (χ0v) is 10.3. The highest BCUT2D eigenvalue weighted by molar-refractivity contribution is 6.30. The molecule has 1 aliphatic rings. The number of carbonyl (C=O) groups is 1. The molecule has 1 aromatic rings. The molecular weight excluding hydrogens is 222 g/mol. The first kappa shape index (κ1) is 11.5. The standard InChI is InChI=1S/C13H16ClNO/c1-8-7-12(8)13(16)15-9(2)10-3-5-11(14)6-4-10/h3-6,8-9,12H,7H2,1-2H3,(H,15,16)/t8-,9-,12-/m0/s1. The van der Waals surface area contributed by atoms with Crippen LogP contribution in [0.1, 0.15) is 31.9 Å². The van der Waals surface area contributed by atoms with Crippen LogP contribution in [0.4, 0.5) is 0 Å². The van der Waals surface area contributed by atoms with Crippen molar-refractivity contribution in [1.82, 2.24) is 5.32 Å². The number of benzene rings is 1. The summed E-state index contributed by atoms with van der Waals surface area (Å²) in [5.74, 6) is 0.960. The quantitative estimate of drug-likeness (QED) is 0.860. The van der Waals surface area contributed by atoms with Crippen molar-refractivity contribution in [3.05, 3.63) is 34.9 Å². The van der Waals surface area contributed by atoms with Crippen LogP contribution in [-0.2, 0) is 4.79 Å². The molecule has 16 heavy (non-hydrogen) atoms. The molecule has 3 heteroatoms. The van der Waals surface area contributed by atoms with Crippen LogP contribution in [0.3, 0.4) is 0 Å². The number of nitrogens with one attached hydrogen (secondary N) is 1. The van der Waals surface area contributed by atoms with Crippen LogP contribution in [-0.4, -0.2) is 5.91 Å². The topological polar surface area (TPSA) is 29.1 Å². The first-order chi connectivity index (χ1) is 7.58. The highest BCUT2D eigenvalue weighted by Gasteiger charge is 2.39.